The van der Waals surface area contributed by atoms with E-state index in [1.165, 1.54) is 25.7 Å². The van der Waals surface area contributed by atoms with Gasteiger partial charge in [0.05, 0.1) is 14.2 Å². The Morgan fingerprint density at radius 1 is 1.04 bits per heavy atom. The number of anilines is 2. The number of nitrogens with zero attached hydrogens (tertiary/aromatic N) is 1. The van der Waals surface area contributed by atoms with Crippen molar-refractivity contribution >= 4 is 17.3 Å². The minimum Gasteiger partial charge on any atom is -0.493 e. The van der Waals surface area contributed by atoms with Gasteiger partial charge >= 0.3 is 0 Å². The highest BCUT2D eigenvalue weighted by atomic mass is 16.5. The van der Waals surface area contributed by atoms with Crippen LogP contribution in [-0.2, 0) is 0 Å². The van der Waals surface area contributed by atoms with Gasteiger partial charge in [0, 0.05) is 29.7 Å². The Balaban J connectivity index is 1.70. The van der Waals surface area contributed by atoms with Crippen LogP contribution in [0.3, 0.4) is 0 Å². The number of amides is 1. The van der Waals surface area contributed by atoms with E-state index in [0.717, 1.165) is 5.69 Å². The zero-order chi connectivity index (χ0) is 17.6. The molecule has 3 rings (SSSR count). The van der Waals surface area contributed by atoms with Crippen molar-refractivity contribution in [3.05, 3.63) is 42.2 Å². The average Bonchev–Trinajstić information content (AvgIpc) is 3.14. The first-order valence-corrected chi connectivity index (χ1v) is 8.45. The SMILES string of the molecule is COc1ccc(NC(=O)c2cc(NC3CCCC3)ccn2)cc1OC. The molecule has 0 aliphatic heterocycles. The van der Waals surface area contributed by atoms with E-state index in [4.69, 9.17) is 9.47 Å². The van der Waals surface area contributed by atoms with Gasteiger partial charge in [0.15, 0.2) is 11.5 Å². The Morgan fingerprint density at radius 3 is 2.52 bits per heavy atom. The van der Waals surface area contributed by atoms with Crippen LogP contribution in [0.5, 0.6) is 11.5 Å². The van der Waals surface area contributed by atoms with E-state index in [9.17, 15) is 4.79 Å². The third-order valence-electron chi connectivity index (χ3n) is 4.36. The van der Waals surface area contributed by atoms with Crippen LogP contribution in [0.4, 0.5) is 11.4 Å². The van der Waals surface area contributed by atoms with Gasteiger partial charge in [-0.25, -0.2) is 0 Å². The largest absolute Gasteiger partial charge is 0.493 e. The molecule has 6 nitrogen and oxygen atoms in total. The average molecular weight is 341 g/mol. The molecular formula is C19H23N3O3. The summed E-state index contributed by atoms with van der Waals surface area (Å²) in [6.07, 6.45) is 6.52. The second-order valence-corrected chi connectivity index (χ2v) is 6.08. The van der Waals surface area contributed by atoms with E-state index in [-0.39, 0.29) is 5.91 Å². The Bertz CT molecular complexity index is 742. The molecule has 1 aliphatic carbocycles. The molecule has 132 valence electrons. The smallest absolute Gasteiger partial charge is 0.274 e. The van der Waals surface area contributed by atoms with E-state index in [2.05, 4.69) is 15.6 Å². The number of hydrogen-bond acceptors (Lipinski definition) is 5. The summed E-state index contributed by atoms with van der Waals surface area (Å²) in [7, 11) is 3.13. The number of nitrogens with one attached hydrogen (secondary N) is 2. The van der Waals surface area contributed by atoms with Crippen molar-refractivity contribution in [3.8, 4) is 11.5 Å². The van der Waals surface area contributed by atoms with Crippen molar-refractivity contribution in [3.63, 3.8) is 0 Å². The molecule has 0 spiro atoms. The number of carbonyl (C=O) groups excluding carboxylic acids is 1. The molecule has 1 saturated carbocycles. The van der Waals surface area contributed by atoms with E-state index in [1.54, 1.807) is 44.7 Å². The standard InChI is InChI=1S/C19H23N3O3/c1-24-17-8-7-14(12-18(17)25-2)22-19(23)16-11-15(9-10-20-16)21-13-5-3-4-6-13/h7-13H,3-6H2,1-2H3,(H,20,21)(H,22,23). The van der Waals surface area contributed by atoms with Gasteiger partial charge in [-0.1, -0.05) is 12.8 Å². The highest BCUT2D eigenvalue weighted by Crippen LogP contribution is 2.30. The van der Waals surface area contributed by atoms with Crippen LogP contribution in [0.15, 0.2) is 36.5 Å². The molecule has 2 N–H and O–H groups in total. The monoisotopic (exact) mass is 341 g/mol. The summed E-state index contributed by atoms with van der Waals surface area (Å²) in [6, 6.07) is 9.40. The van der Waals surface area contributed by atoms with Gasteiger partial charge in [0.1, 0.15) is 5.69 Å². The first kappa shape index (κ1) is 17.1. The third-order valence-corrected chi connectivity index (χ3v) is 4.36. The van der Waals surface area contributed by atoms with E-state index in [1.807, 2.05) is 6.07 Å². The van der Waals surface area contributed by atoms with Crippen LogP contribution in [0.25, 0.3) is 0 Å². The summed E-state index contributed by atoms with van der Waals surface area (Å²) in [5.41, 5.74) is 1.93. The molecule has 1 aliphatic rings. The molecular weight excluding hydrogens is 318 g/mol. The molecule has 0 radical (unpaired) electrons. The molecule has 25 heavy (non-hydrogen) atoms. The topological polar surface area (TPSA) is 72.5 Å². The fraction of sp³-hybridized carbons (Fsp3) is 0.368. The van der Waals surface area contributed by atoms with Crippen molar-refractivity contribution < 1.29 is 14.3 Å². The lowest BCUT2D eigenvalue weighted by Crippen LogP contribution is -2.17. The molecule has 0 unspecified atom stereocenters. The van der Waals surface area contributed by atoms with Crippen LogP contribution >= 0.6 is 0 Å². The zero-order valence-electron chi connectivity index (χ0n) is 14.5. The van der Waals surface area contributed by atoms with Crippen molar-refractivity contribution in [1.29, 1.82) is 0 Å². The number of hydrogen-bond donors (Lipinski definition) is 2. The van der Waals surface area contributed by atoms with Gasteiger partial charge in [0.2, 0.25) is 0 Å². The fourth-order valence-electron chi connectivity index (χ4n) is 3.06. The minimum atomic E-state index is -0.262. The first-order chi connectivity index (χ1) is 12.2. The lowest BCUT2D eigenvalue weighted by molar-refractivity contribution is 0.102. The second-order valence-electron chi connectivity index (χ2n) is 6.08. The minimum absolute atomic E-state index is 0.262. The molecule has 0 saturated heterocycles. The normalized spacial score (nSPS) is 14.2. The Kier molecular flexibility index (Phi) is 5.38. The number of carbonyl (C=O) groups is 1. The predicted molar refractivity (Wildman–Crippen MR) is 97.6 cm³/mol. The van der Waals surface area contributed by atoms with Gasteiger partial charge in [-0.2, -0.15) is 0 Å². The maximum absolute atomic E-state index is 12.5. The summed E-state index contributed by atoms with van der Waals surface area (Å²) in [5, 5.41) is 6.32. The molecule has 0 bridgehead atoms. The Hall–Kier alpha value is -2.76. The highest BCUT2D eigenvalue weighted by Gasteiger charge is 2.16. The van der Waals surface area contributed by atoms with Crippen LogP contribution in [-0.4, -0.2) is 31.2 Å². The number of aromatic nitrogens is 1. The molecule has 1 fully saturated rings. The van der Waals surface area contributed by atoms with Gasteiger partial charge in [0.25, 0.3) is 5.91 Å². The van der Waals surface area contributed by atoms with Gasteiger partial charge < -0.3 is 20.1 Å². The maximum atomic E-state index is 12.5. The second kappa shape index (κ2) is 7.88. The summed E-state index contributed by atoms with van der Waals surface area (Å²) in [5.74, 6) is 0.911. The van der Waals surface area contributed by atoms with Gasteiger partial charge in [-0.15, -0.1) is 0 Å². The summed E-state index contributed by atoms with van der Waals surface area (Å²) >= 11 is 0. The lowest BCUT2D eigenvalue weighted by atomic mass is 10.2. The Labute approximate surface area is 147 Å². The quantitative estimate of drug-likeness (QED) is 0.838. The van der Waals surface area contributed by atoms with Crippen molar-refractivity contribution in [2.45, 2.75) is 31.7 Å². The zero-order valence-corrected chi connectivity index (χ0v) is 14.5. The fourth-order valence-corrected chi connectivity index (χ4v) is 3.06. The van der Waals surface area contributed by atoms with Crippen LogP contribution < -0.4 is 20.1 Å². The molecule has 1 aromatic heterocycles. The van der Waals surface area contributed by atoms with E-state index in [0.29, 0.717) is 28.9 Å². The Morgan fingerprint density at radius 2 is 1.80 bits per heavy atom. The first-order valence-electron chi connectivity index (χ1n) is 8.45. The molecule has 0 atom stereocenters. The molecule has 1 amide bonds. The van der Waals surface area contributed by atoms with Gasteiger partial charge in [-0.3, -0.25) is 9.78 Å². The molecule has 1 aromatic carbocycles. The number of benzene rings is 1. The summed E-state index contributed by atoms with van der Waals surface area (Å²) in [4.78, 5) is 16.7. The number of pyridine rings is 1. The highest BCUT2D eigenvalue weighted by molar-refractivity contribution is 6.03. The number of rotatable bonds is 6. The van der Waals surface area contributed by atoms with Crippen molar-refractivity contribution in [1.82, 2.24) is 4.98 Å². The lowest BCUT2D eigenvalue weighted by Gasteiger charge is -2.14. The van der Waals surface area contributed by atoms with Gasteiger partial charge in [-0.05, 0) is 37.1 Å². The summed E-state index contributed by atoms with van der Waals surface area (Å²) < 4.78 is 10.5. The van der Waals surface area contributed by atoms with Crippen molar-refractivity contribution in [2.75, 3.05) is 24.9 Å². The summed E-state index contributed by atoms with van der Waals surface area (Å²) in [6.45, 7) is 0. The third kappa shape index (κ3) is 4.21. The molecule has 6 heteroatoms. The van der Waals surface area contributed by atoms with E-state index >= 15 is 0 Å². The predicted octanol–water partition coefficient (Wildman–Crippen LogP) is 3.71. The molecule has 1 heterocycles. The van der Waals surface area contributed by atoms with Crippen LogP contribution in [0, 0.1) is 0 Å². The number of methoxy groups -OCH3 is 2. The van der Waals surface area contributed by atoms with Crippen molar-refractivity contribution in [2.24, 2.45) is 0 Å². The molecule has 2 aromatic rings. The number of ether oxygens (including phenoxy) is 2. The van der Waals surface area contributed by atoms with Crippen LogP contribution in [0.2, 0.25) is 0 Å². The van der Waals surface area contributed by atoms with Crippen LogP contribution in [0.1, 0.15) is 36.2 Å². The van der Waals surface area contributed by atoms with E-state index < -0.39 is 0 Å². The maximum Gasteiger partial charge on any atom is 0.274 e.